The van der Waals surface area contributed by atoms with Gasteiger partial charge in [0.05, 0.1) is 13.0 Å². The third kappa shape index (κ3) is 5.75. The summed E-state index contributed by atoms with van der Waals surface area (Å²) in [5.41, 5.74) is 1.23. The van der Waals surface area contributed by atoms with E-state index in [1.807, 2.05) is 25.1 Å². The zero-order valence-corrected chi connectivity index (χ0v) is 12.1. The Morgan fingerprint density at radius 3 is 2.68 bits per heavy atom. The van der Waals surface area contributed by atoms with E-state index in [1.54, 1.807) is 0 Å². The van der Waals surface area contributed by atoms with Crippen molar-refractivity contribution in [1.29, 1.82) is 0 Å². The fraction of sp³-hybridized carbons (Fsp3) is 0.533. The van der Waals surface area contributed by atoms with Gasteiger partial charge in [-0.05, 0) is 25.1 Å². The number of methoxy groups -OCH3 is 1. The van der Waals surface area contributed by atoms with Crippen molar-refractivity contribution in [3.8, 4) is 0 Å². The molecule has 0 saturated carbocycles. The number of esters is 1. The Balaban J connectivity index is 2.13. The van der Waals surface area contributed by atoms with E-state index >= 15 is 0 Å². The molecule has 0 aliphatic heterocycles. The molecule has 1 aromatic rings. The molecule has 0 amide bonds. The van der Waals surface area contributed by atoms with Crippen molar-refractivity contribution in [3.05, 3.63) is 30.3 Å². The maximum Gasteiger partial charge on any atom is 0.309 e. The zero-order valence-electron chi connectivity index (χ0n) is 12.1. The van der Waals surface area contributed by atoms with Gasteiger partial charge in [0.2, 0.25) is 0 Å². The molecule has 0 aromatic heterocycles. The average molecular weight is 264 g/mol. The van der Waals surface area contributed by atoms with E-state index in [0.717, 1.165) is 19.5 Å². The van der Waals surface area contributed by atoms with Crippen LogP contribution in [-0.2, 0) is 9.53 Å². The van der Waals surface area contributed by atoms with E-state index in [2.05, 4.69) is 34.1 Å². The Morgan fingerprint density at radius 1 is 1.37 bits per heavy atom. The molecule has 19 heavy (non-hydrogen) atoms. The fourth-order valence-electron chi connectivity index (χ4n) is 1.86. The monoisotopic (exact) mass is 264 g/mol. The minimum Gasteiger partial charge on any atom is -0.469 e. The Bertz CT molecular complexity index is 368. The molecular formula is C15H24N2O2. The smallest absolute Gasteiger partial charge is 0.309 e. The van der Waals surface area contributed by atoms with Crippen molar-refractivity contribution < 1.29 is 9.53 Å². The van der Waals surface area contributed by atoms with Gasteiger partial charge in [0.15, 0.2) is 0 Å². The van der Waals surface area contributed by atoms with Crippen LogP contribution < -0.4 is 10.2 Å². The lowest BCUT2D eigenvalue weighted by Crippen LogP contribution is -2.30. The predicted molar refractivity (Wildman–Crippen MR) is 78.4 cm³/mol. The molecule has 0 aliphatic carbocycles. The number of benzene rings is 1. The first-order chi connectivity index (χ1) is 9.15. The van der Waals surface area contributed by atoms with Crippen molar-refractivity contribution >= 4 is 11.7 Å². The van der Waals surface area contributed by atoms with Crippen molar-refractivity contribution in [2.24, 2.45) is 5.92 Å². The number of carbonyl (C=O) groups excluding carboxylic acids is 1. The molecule has 0 bridgehead atoms. The van der Waals surface area contributed by atoms with Gasteiger partial charge in [0, 0.05) is 25.8 Å². The quantitative estimate of drug-likeness (QED) is 0.575. The molecule has 0 saturated heterocycles. The second-order valence-corrected chi connectivity index (χ2v) is 4.74. The summed E-state index contributed by atoms with van der Waals surface area (Å²) in [6, 6.07) is 10.3. The number of anilines is 1. The first-order valence-corrected chi connectivity index (χ1v) is 6.70. The van der Waals surface area contributed by atoms with Gasteiger partial charge in [-0.1, -0.05) is 25.1 Å². The van der Waals surface area contributed by atoms with Gasteiger partial charge >= 0.3 is 5.97 Å². The molecule has 1 atom stereocenters. The van der Waals surface area contributed by atoms with Crippen LogP contribution in [0.1, 0.15) is 13.3 Å². The van der Waals surface area contributed by atoms with Crippen molar-refractivity contribution in [2.45, 2.75) is 13.3 Å². The highest BCUT2D eigenvalue weighted by molar-refractivity contribution is 5.72. The summed E-state index contributed by atoms with van der Waals surface area (Å²) in [7, 11) is 3.51. The van der Waals surface area contributed by atoms with Crippen molar-refractivity contribution in [1.82, 2.24) is 5.32 Å². The summed E-state index contributed by atoms with van der Waals surface area (Å²) in [5.74, 6) is -0.245. The molecule has 1 aromatic carbocycles. The van der Waals surface area contributed by atoms with Crippen LogP contribution in [0.4, 0.5) is 5.69 Å². The highest BCUT2D eigenvalue weighted by Crippen LogP contribution is 2.10. The number of nitrogens with one attached hydrogen (secondary N) is 1. The van der Waals surface area contributed by atoms with Gasteiger partial charge in [-0.15, -0.1) is 0 Å². The summed E-state index contributed by atoms with van der Waals surface area (Å²) >= 11 is 0. The average Bonchev–Trinajstić information content (AvgIpc) is 2.46. The Morgan fingerprint density at radius 2 is 2.05 bits per heavy atom. The summed E-state index contributed by atoms with van der Waals surface area (Å²) in [6.45, 7) is 4.43. The van der Waals surface area contributed by atoms with Crippen molar-refractivity contribution in [2.75, 3.05) is 38.7 Å². The lowest BCUT2D eigenvalue weighted by atomic mass is 10.2. The maximum absolute atomic E-state index is 11.2. The predicted octanol–water partition coefficient (Wildman–Crippen LogP) is 1.91. The van der Waals surface area contributed by atoms with Crippen LogP contribution >= 0.6 is 0 Å². The molecule has 4 nitrogen and oxygen atoms in total. The van der Waals surface area contributed by atoms with Gasteiger partial charge in [-0.2, -0.15) is 0 Å². The lowest BCUT2D eigenvalue weighted by Gasteiger charge is -2.19. The summed E-state index contributed by atoms with van der Waals surface area (Å²) in [6.07, 6.45) is 1.04. The standard InChI is InChI=1S/C15H24N2O2/c1-13(15(18)19-3)12-16-10-7-11-17(2)14-8-5-4-6-9-14/h4-6,8-9,13,16H,7,10-12H2,1-3H3. The first kappa shape index (κ1) is 15.5. The van der Waals surface area contributed by atoms with Crippen LogP contribution in [0, 0.1) is 5.92 Å². The van der Waals surface area contributed by atoms with Crippen LogP contribution in [-0.4, -0.2) is 39.8 Å². The molecule has 1 unspecified atom stereocenters. The molecule has 0 spiro atoms. The third-order valence-corrected chi connectivity index (χ3v) is 3.10. The van der Waals surface area contributed by atoms with E-state index in [1.165, 1.54) is 12.8 Å². The molecule has 0 heterocycles. The number of ether oxygens (including phenoxy) is 1. The highest BCUT2D eigenvalue weighted by atomic mass is 16.5. The minimum atomic E-state index is -0.158. The summed E-state index contributed by atoms with van der Waals surface area (Å²) in [5, 5.41) is 3.28. The third-order valence-electron chi connectivity index (χ3n) is 3.10. The molecule has 0 aliphatic rings. The number of carbonyl (C=O) groups is 1. The largest absolute Gasteiger partial charge is 0.469 e. The van der Waals surface area contributed by atoms with Crippen LogP contribution in [0.25, 0.3) is 0 Å². The van der Waals surface area contributed by atoms with Gasteiger partial charge in [0.1, 0.15) is 0 Å². The van der Waals surface area contributed by atoms with Crippen LogP contribution in [0.3, 0.4) is 0 Å². The number of hydrogen-bond acceptors (Lipinski definition) is 4. The van der Waals surface area contributed by atoms with E-state index in [0.29, 0.717) is 6.54 Å². The molecule has 0 radical (unpaired) electrons. The number of nitrogens with zero attached hydrogens (tertiary/aromatic N) is 1. The molecule has 1 N–H and O–H groups in total. The normalized spacial score (nSPS) is 11.9. The highest BCUT2D eigenvalue weighted by Gasteiger charge is 2.11. The van der Waals surface area contributed by atoms with Gasteiger partial charge in [0.25, 0.3) is 0 Å². The second kappa shape index (κ2) is 8.53. The lowest BCUT2D eigenvalue weighted by molar-refractivity contribution is -0.144. The van der Waals surface area contributed by atoms with Crippen LogP contribution in [0.5, 0.6) is 0 Å². The van der Waals surface area contributed by atoms with E-state index < -0.39 is 0 Å². The van der Waals surface area contributed by atoms with E-state index in [4.69, 9.17) is 0 Å². The molecule has 4 heteroatoms. The van der Waals surface area contributed by atoms with Crippen LogP contribution in [0.2, 0.25) is 0 Å². The first-order valence-electron chi connectivity index (χ1n) is 6.70. The van der Waals surface area contributed by atoms with Gasteiger partial charge in [-0.25, -0.2) is 0 Å². The minimum absolute atomic E-state index is 0.0862. The number of para-hydroxylation sites is 1. The fourth-order valence-corrected chi connectivity index (χ4v) is 1.86. The zero-order chi connectivity index (χ0) is 14.1. The summed E-state index contributed by atoms with van der Waals surface area (Å²) in [4.78, 5) is 13.4. The summed E-state index contributed by atoms with van der Waals surface area (Å²) < 4.78 is 4.68. The Hall–Kier alpha value is -1.55. The Kier molecular flexibility index (Phi) is 6.97. The van der Waals surface area contributed by atoms with Crippen LogP contribution in [0.15, 0.2) is 30.3 Å². The van der Waals surface area contributed by atoms with Gasteiger partial charge < -0.3 is 15.0 Å². The topological polar surface area (TPSA) is 41.6 Å². The number of rotatable bonds is 8. The molecular weight excluding hydrogens is 240 g/mol. The Labute approximate surface area is 115 Å². The molecule has 106 valence electrons. The van der Waals surface area contributed by atoms with Crippen molar-refractivity contribution in [3.63, 3.8) is 0 Å². The SMILES string of the molecule is COC(=O)C(C)CNCCCN(C)c1ccccc1. The molecule has 1 rings (SSSR count). The van der Waals surface area contributed by atoms with Gasteiger partial charge in [-0.3, -0.25) is 4.79 Å². The van der Waals surface area contributed by atoms with E-state index in [9.17, 15) is 4.79 Å². The second-order valence-electron chi connectivity index (χ2n) is 4.74. The number of hydrogen-bond donors (Lipinski definition) is 1. The maximum atomic E-state index is 11.2. The molecule has 0 fully saturated rings. The van der Waals surface area contributed by atoms with E-state index in [-0.39, 0.29) is 11.9 Å².